The van der Waals surface area contributed by atoms with Gasteiger partial charge in [0, 0.05) is 29.9 Å². The highest BCUT2D eigenvalue weighted by Gasteiger charge is 2.20. The standard InChI is InChI=1S/C18H20ClN3O4S/c1-13(23)20-16-7-9-17(10-8-16)21-18(24)12-22(27(2,25)26)11-14-3-5-15(19)6-4-14/h3-10H,11-12H2,1-2H3,(H,20,23)(H,21,24). The van der Waals surface area contributed by atoms with Crippen LogP contribution in [0.15, 0.2) is 48.5 Å². The molecule has 144 valence electrons. The first-order valence-corrected chi connectivity index (χ1v) is 10.2. The summed E-state index contributed by atoms with van der Waals surface area (Å²) in [5.74, 6) is -0.667. The number of rotatable bonds is 7. The predicted molar refractivity (Wildman–Crippen MR) is 106 cm³/mol. The van der Waals surface area contributed by atoms with Crippen molar-refractivity contribution in [3.05, 3.63) is 59.1 Å². The van der Waals surface area contributed by atoms with Gasteiger partial charge in [-0.3, -0.25) is 9.59 Å². The molecule has 27 heavy (non-hydrogen) atoms. The van der Waals surface area contributed by atoms with Gasteiger partial charge in [-0.05, 0) is 42.0 Å². The highest BCUT2D eigenvalue weighted by Crippen LogP contribution is 2.15. The molecule has 0 radical (unpaired) electrons. The molecule has 0 heterocycles. The van der Waals surface area contributed by atoms with Gasteiger partial charge in [0.1, 0.15) is 0 Å². The minimum absolute atomic E-state index is 0.0604. The summed E-state index contributed by atoms with van der Waals surface area (Å²) in [6.07, 6.45) is 1.05. The molecule has 2 amide bonds. The fraction of sp³-hybridized carbons (Fsp3) is 0.222. The number of carbonyl (C=O) groups is 2. The van der Waals surface area contributed by atoms with E-state index in [1.54, 1.807) is 48.5 Å². The van der Waals surface area contributed by atoms with Gasteiger partial charge in [0.15, 0.2) is 0 Å². The third-order valence-corrected chi connectivity index (χ3v) is 5.00. The van der Waals surface area contributed by atoms with Gasteiger partial charge in [-0.2, -0.15) is 4.31 Å². The number of sulfonamides is 1. The number of hydrogen-bond acceptors (Lipinski definition) is 4. The fourth-order valence-corrected chi connectivity index (χ4v) is 3.15. The Bertz CT molecular complexity index is 913. The molecule has 2 aromatic carbocycles. The van der Waals surface area contributed by atoms with Crippen LogP contribution < -0.4 is 10.6 Å². The number of carbonyl (C=O) groups excluding carboxylic acids is 2. The molecule has 0 unspecified atom stereocenters. The van der Waals surface area contributed by atoms with Gasteiger partial charge in [-0.1, -0.05) is 23.7 Å². The maximum absolute atomic E-state index is 12.3. The Hall–Kier alpha value is -2.42. The van der Waals surface area contributed by atoms with Crippen LogP contribution in [0, 0.1) is 0 Å². The largest absolute Gasteiger partial charge is 0.326 e. The second kappa shape index (κ2) is 8.98. The van der Waals surface area contributed by atoms with Crippen LogP contribution in [-0.2, 0) is 26.2 Å². The number of anilines is 2. The SMILES string of the molecule is CC(=O)Nc1ccc(NC(=O)CN(Cc2ccc(Cl)cc2)S(C)(=O)=O)cc1. The summed E-state index contributed by atoms with van der Waals surface area (Å²) >= 11 is 5.83. The van der Waals surface area contributed by atoms with Gasteiger partial charge in [0.05, 0.1) is 12.8 Å². The van der Waals surface area contributed by atoms with Crippen LogP contribution in [0.2, 0.25) is 5.02 Å². The normalized spacial score (nSPS) is 11.3. The summed E-state index contributed by atoms with van der Waals surface area (Å²) in [6.45, 7) is 1.13. The molecule has 0 aliphatic heterocycles. The topological polar surface area (TPSA) is 95.6 Å². The van der Waals surface area contributed by atoms with Crippen molar-refractivity contribution in [1.29, 1.82) is 0 Å². The van der Waals surface area contributed by atoms with Gasteiger partial charge >= 0.3 is 0 Å². The summed E-state index contributed by atoms with van der Waals surface area (Å²) < 4.78 is 25.1. The molecule has 0 saturated carbocycles. The molecule has 2 aromatic rings. The summed E-state index contributed by atoms with van der Waals surface area (Å²) in [5, 5.41) is 5.81. The first-order chi connectivity index (χ1) is 12.6. The zero-order valence-corrected chi connectivity index (χ0v) is 16.5. The van der Waals surface area contributed by atoms with E-state index in [9.17, 15) is 18.0 Å². The van der Waals surface area contributed by atoms with Gasteiger partial charge in [-0.25, -0.2) is 8.42 Å². The average molecular weight is 410 g/mol. The smallest absolute Gasteiger partial charge is 0.239 e. The van der Waals surface area contributed by atoms with E-state index in [2.05, 4.69) is 10.6 Å². The zero-order valence-electron chi connectivity index (χ0n) is 14.9. The van der Waals surface area contributed by atoms with Crippen LogP contribution in [0.1, 0.15) is 12.5 Å². The summed E-state index contributed by atoms with van der Waals surface area (Å²) in [6, 6.07) is 13.2. The van der Waals surface area contributed by atoms with Crippen molar-refractivity contribution in [2.75, 3.05) is 23.4 Å². The van der Waals surface area contributed by atoms with Crippen molar-refractivity contribution in [2.24, 2.45) is 0 Å². The third kappa shape index (κ3) is 7.01. The molecule has 0 aromatic heterocycles. The number of nitrogens with one attached hydrogen (secondary N) is 2. The number of halogens is 1. The molecule has 0 fully saturated rings. The van der Waals surface area contributed by atoms with Crippen LogP contribution in [-0.4, -0.2) is 37.3 Å². The second-order valence-corrected chi connectivity index (χ2v) is 8.38. The molecule has 0 atom stereocenters. The predicted octanol–water partition coefficient (Wildman–Crippen LogP) is 2.70. The van der Waals surface area contributed by atoms with Crippen LogP contribution in [0.5, 0.6) is 0 Å². The van der Waals surface area contributed by atoms with Crippen LogP contribution in [0.4, 0.5) is 11.4 Å². The lowest BCUT2D eigenvalue weighted by molar-refractivity contribution is -0.116. The lowest BCUT2D eigenvalue weighted by Crippen LogP contribution is -2.36. The van der Waals surface area contributed by atoms with E-state index in [-0.39, 0.29) is 19.0 Å². The highest BCUT2D eigenvalue weighted by molar-refractivity contribution is 7.88. The lowest BCUT2D eigenvalue weighted by Gasteiger charge is -2.19. The van der Waals surface area contributed by atoms with E-state index in [1.807, 2.05) is 0 Å². The molecule has 7 nitrogen and oxygen atoms in total. The Balaban J connectivity index is 2.03. The Kier molecular flexibility index (Phi) is 6.95. The number of benzene rings is 2. The second-order valence-electron chi connectivity index (χ2n) is 5.96. The number of nitrogens with zero attached hydrogens (tertiary/aromatic N) is 1. The third-order valence-electron chi connectivity index (χ3n) is 3.55. The van der Waals surface area contributed by atoms with Crippen molar-refractivity contribution in [3.8, 4) is 0 Å². The number of amides is 2. The van der Waals surface area contributed by atoms with Gasteiger partial charge in [0.2, 0.25) is 21.8 Å². The molecule has 0 aliphatic rings. The lowest BCUT2D eigenvalue weighted by atomic mass is 10.2. The first-order valence-electron chi connectivity index (χ1n) is 8.00. The van der Waals surface area contributed by atoms with Crippen LogP contribution in [0.25, 0.3) is 0 Å². The summed E-state index contributed by atoms with van der Waals surface area (Å²) in [7, 11) is -3.59. The molecular weight excluding hydrogens is 390 g/mol. The quantitative estimate of drug-likeness (QED) is 0.734. The molecule has 9 heteroatoms. The van der Waals surface area contributed by atoms with E-state index in [1.165, 1.54) is 6.92 Å². The van der Waals surface area contributed by atoms with Gasteiger partial charge < -0.3 is 10.6 Å². The van der Waals surface area contributed by atoms with Gasteiger partial charge in [0.25, 0.3) is 0 Å². The Morgan fingerprint density at radius 3 is 1.96 bits per heavy atom. The number of hydrogen-bond donors (Lipinski definition) is 2. The minimum Gasteiger partial charge on any atom is -0.326 e. The molecule has 0 spiro atoms. The van der Waals surface area contributed by atoms with Crippen molar-refractivity contribution in [1.82, 2.24) is 4.31 Å². The molecule has 0 aliphatic carbocycles. The Labute approximate surface area is 163 Å². The first kappa shape index (κ1) is 20.9. The van der Waals surface area contributed by atoms with E-state index in [0.717, 1.165) is 16.1 Å². The maximum Gasteiger partial charge on any atom is 0.239 e. The van der Waals surface area contributed by atoms with E-state index < -0.39 is 15.9 Å². The average Bonchev–Trinajstić information content (AvgIpc) is 2.56. The molecule has 2 N–H and O–H groups in total. The fourth-order valence-electron chi connectivity index (χ4n) is 2.28. The van der Waals surface area contributed by atoms with E-state index >= 15 is 0 Å². The molecule has 0 saturated heterocycles. The van der Waals surface area contributed by atoms with Crippen molar-refractivity contribution in [2.45, 2.75) is 13.5 Å². The highest BCUT2D eigenvalue weighted by atomic mass is 35.5. The molecular formula is C18H20ClN3O4S. The Morgan fingerprint density at radius 2 is 1.48 bits per heavy atom. The Morgan fingerprint density at radius 1 is 0.963 bits per heavy atom. The maximum atomic E-state index is 12.3. The minimum atomic E-state index is -3.59. The van der Waals surface area contributed by atoms with E-state index in [4.69, 9.17) is 11.6 Å². The van der Waals surface area contributed by atoms with Crippen LogP contribution in [0.3, 0.4) is 0 Å². The van der Waals surface area contributed by atoms with Crippen molar-refractivity contribution in [3.63, 3.8) is 0 Å². The summed E-state index contributed by atoms with van der Waals surface area (Å²) in [5.41, 5.74) is 1.81. The molecule has 2 rings (SSSR count). The van der Waals surface area contributed by atoms with E-state index in [0.29, 0.717) is 16.4 Å². The van der Waals surface area contributed by atoms with Crippen molar-refractivity contribution >= 4 is 44.8 Å². The monoisotopic (exact) mass is 409 g/mol. The zero-order chi connectivity index (χ0) is 20.0. The van der Waals surface area contributed by atoms with Crippen molar-refractivity contribution < 1.29 is 18.0 Å². The van der Waals surface area contributed by atoms with Crippen LogP contribution >= 0.6 is 11.6 Å². The summed E-state index contributed by atoms with van der Waals surface area (Å²) in [4.78, 5) is 23.3. The molecule has 0 bridgehead atoms. The van der Waals surface area contributed by atoms with Gasteiger partial charge in [-0.15, -0.1) is 0 Å².